The average molecular weight is 248 g/mol. The van der Waals surface area contributed by atoms with Gasteiger partial charge in [0.05, 0.1) is 11.2 Å². The Labute approximate surface area is 109 Å². The van der Waals surface area contributed by atoms with Crippen LogP contribution >= 0.6 is 0 Å². The maximum atomic E-state index is 5.97. The Morgan fingerprint density at radius 2 is 1.94 bits per heavy atom. The predicted octanol–water partition coefficient (Wildman–Crippen LogP) is 1.76. The van der Waals surface area contributed by atoms with Gasteiger partial charge in [-0.2, -0.15) is 5.10 Å². The summed E-state index contributed by atoms with van der Waals surface area (Å²) < 4.78 is 13.8. The van der Waals surface area contributed by atoms with Crippen molar-refractivity contribution in [3.63, 3.8) is 0 Å². The second-order valence-electron chi connectivity index (χ2n) is 5.70. The highest BCUT2D eigenvalue weighted by atomic mass is 16.7. The maximum absolute atomic E-state index is 5.97. The fourth-order valence-electron chi connectivity index (χ4n) is 1.83. The number of hydrogen-bond donors (Lipinski definition) is 0. The van der Waals surface area contributed by atoms with Gasteiger partial charge in [0.15, 0.2) is 0 Å². The molecule has 1 aliphatic rings. The molecule has 0 spiro atoms. The van der Waals surface area contributed by atoms with Crippen LogP contribution in [0.4, 0.5) is 0 Å². The van der Waals surface area contributed by atoms with E-state index in [-0.39, 0.29) is 18.3 Å². The molecular formula is C13H21BN2O2. The molecule has 98 valence electrons. The first-order valence-corrected chi connectivity index (χ1v) is 6.34. The van der Waals surface area contributed by atoms with E-state index in [2.05, 4.69) is 39.4 Å². The van der Waals surface area contributed by atoms with Gasteiger partial charge in [-0.1, -0.05) is 6.08 Å². The van der Waals surface area contributed by atoms with Crippen molar-refractivity contribution in [2.24, 2.45) is 0 Å². The molecule has 1 saturated heterocycles. The van der Waals surface area contributed by atoms with Crippen LogP contribution in [0, 0.1) is 0 Å². The van der Waals surface area contributed by atoms with E-state index < -0.39 is 0 Å². The smallest absolute Gasteiger partial charge is 0.399 e. The number of nitrogens with zero attached hydrogens (tertiary/aromatic N) is 2. The molecular weight excluding hydrogens is 227 g/mol. The van der Waals surface area contributed by atoms with Gasteiger partial charge in [0.1, 0.15) is 0 Å². The highest BCUT2D eigenvalue weighted by Crippen LogP contribution is 2.36. The third-order valence-corrected chi connectivity index (χ3v) is 3.74. The molecule has 0 aliphatic carbocycles. The number of hydrogen-bond acceptors (Lipinski definition) is 3. The van der Waals surface area contributed by atoms with E-state index in [1.54, 1.807) is 0 Å². The largest absolute Gasteiger partial charge is 0.498 e. The van der Waals surface area contributed by atoms with Crippen LogP contribution in [0.3, 0.4) is 0 Å². The first-order valence-electron chi connectivity index (χ1n) is 6.34. The minimum Gasteiger partial charge on any atom is -0.399 e. The molecule has 0 amide bonds. The molecule has 5 heteroatoms. The van der Waals surface area contributed by atoms with Gasteiger partial charge in [0.2, 0.25) is 0 Å². The Hall–Kier alpha value is -1.07. The zero-order chi connectivity index (χ0) is 13.4. The van der Waals surface area contributed by atoms with Crippen LogP contribution in [0.25, 0.3) is 0 Å². The van der Waals surface area contributed by atoms with Gasteiger partial charge < -0.3 is 9.31 Å². The number of rotatable bonds is 4. The van der Waals surface area contributed by atoms with E-state index in [1.165, 1.54) is 0 Å². The quantitative estimate of drug-likeness (QED) is 0.601. The second kappa shape index (κ2) is 4.55. The summed E-state index contributed by atoms with van der Waals surface area (Å²) in [5, 5.41) is 4.30. The van der Waals surface area contributed by atoms with Gasteiger partial charge >= 0.3 is 7.12 Å². The second-order valence-corrected chi connectivity index (χ2v) is 5.70. The molecule has 0 unspecified atom stereocenters. The molecule has 0 radical (unpaired) electrons. The Balaban J connectivity index is 2.10. The summed E-state index contributed by atoms with van der Waals surface area (Å²) in [7, 11) is -0.326. The van der Waals surface area contributed by atoms with E-state index in [9.17, 15) is 0 Å². The highest BCUT2D eigenvalue weighted by molar-refractivity contribution is 6.61. The maximum Gasteiger partial charge on any atom is 0.498 e. The summed E-state index contributed by atoms with van der Waals surface area (Å²) >= 11 is 0. The van der Waals surface area contributed by atoms with E-state index >= 15 is 0 Å². The van der Waals surface area contributed by atoms with Gasteiger partial charge in [-0.25, -0.2) is 0 Å². The Bertz CT molecular complexity index is 424. The van der Waals surface area contributed by atoms with Crippen LogP contribution in [0.15, 0.2) is 25.0 Å². The van der Waals surface area contributed by atoms with E-state index in [1.807, 2.05) is 23.2 Å². The molecule has 1 aliphatic heterocycles. The number of allylic oxidation sites excluding steroid dienone is 1. The van der Waals surface area contributed by atoms with Crippen molar-refractivity contribution >= 4 is 12.6 Å². The summed E-state index contributed by atoms with van der Waals surface area (Å²) in [6.45, 7) is 12.7. The summed E-state index contributed by atoms with van der Waals surface area (Å²) in [6, 6.07) is 0. The van der Waals surface area contributed by atoms with Crippen LogP contribution in [-0.2, 0) is 15.9 Å². The van der Waals surface area contributed by atoms with Crippen molar-refractivity contribution in [2.75, 3.05) is 0 Å². The van der Waals surface area contributed by atoms with Crippen molar-refractivity contribution in [3.8, 4) is 0 Å². The van der Waals surface area contributed by atoms with E-state index in [0.717, 1.165) is 18.4 Å². The monoisotopic (exact) mass is 248 g/mol. The van der Waals surface area contributed by atoms with Crippen molar-refractivity contribution in [1.29, 1.82) is 0 Å². The molecule has 0 bridgehead atoms. The standard InChI is InChI=1S/C13H21BN2O2/c1-6-7-8-16-10-11(9-15-16)14-17-12(2,3)13(4,5)18-14/h6,9-10H,1,7-8H2,2-5H3. The molecule has 0 N–H and O–H groups in total. The molecule has 2 heterocycles. The molecule has 18 heavy (non-hydrogen) atoms. The fraction of sp³-hybridized carbons (Fsp3) is 0.615. The van der Waals surface area contributed by atoms with Gasteiger partial charge in [-0.3, -0.25) is 4.68 Å². The van der Waals surface area contributed by atoms with Crippen molar-refractivity contribution in [3.05, 3.63) is 25.0 Å². The van der Waals surface area contributed by atoms with Gasteiger partial charge in [0, 0.05) is 24.4 Å². The minimum absolute atomic E-state index is 0.305. The highest BCUT2D eigenvalue weighted by Gasteiger charge is 2.52. The van der Waals surface area contributed by atoms with Crippen LogP contribution in [0.2, 0.25) is 0 Å². The van der Waals surface area contributed by atoms with Crippen LogP contribution in [-0.4, -0.2) is 28.1 Å². The molecule has 1 aromatic rings. The minimum atomic E-state index is -0.326. The third-order valence-electron chi connectivity index (χ3n) is 3.74. The number of aromatic nitrogens is 2. The average Bonchev–Trinajstić information content (AvgIpc) is 2.80. The lowest BCUT2D eigenvalue weighted by Gasteiger charge is -2.32. The lowest BCUT2D eigenvalue weighted by Crippen LogP contribution is -2.41. The first kappa shape index (κ1) is 13.4. The summed E-state index contributed by atoms with van der Waals surface area (Å²) in [4.78, 5) is 0. The van der Waals surface area contributed by atoms with Crippen LogP contribution in [0.5, 0.6) is 0 Å². The van der Waals surface area contributed by atoms with Crippen molar-refractivity contribution in [2.45, 2.75) is 51.9 Å². The molecule has 2 rings (SSSR count). The van der Waals surface area contributed by atoms with Crippen molar-refractivity contribution < 1.29 is 9.31 Å². The summed E-state index contributed by atoms with van der Waals surface area (Å²) in [5.74, 6) is 0. The molecule has 1 aromatic heterocycles. The van der Waals surface area contributed by atoms with E-state index in [0.29, 0.717) is 0 Å². The van der Waals surface area contributed by atoms with Gasteiger partial charge in [-0.05, 0) is 34.1 Å². The first-order chi connectivity index (χ1) is 8.36. The molecule has 0 saturated carbocycles. The van der Waals surface area contributed by atoms with Crippen LogP contribution in [0.1, 0.15) is 34.1 Å². The lowest BCUT2D eigenvalue weighted by molar-refractivity contribution is 0.00578. The zero-order valence-corrected chi connectivity index (χ0v) is 11.6. The molecule has 4 nitrogen and oxygen atoms in total. The van der Waals surface area contributed by atoms with Crippen molar-refractivity contribution in [1.82, 2.24) is 9.78 Å². The molecule has 1 fully saturated rings. The Morgan fingerprint density at radius 1 is 1.33 bits per heavy atom. The Morgan fingerprint density at radius 3 is 2.50 bits per heavy atom. The van der Waals surface area contributed by atoms with E-state index in [4.69, 9.17) is 9.31 Å². The van der Waals surface area contributed by atoms with Gasteiger partial charge in [0.25, 0.3) is 0 Å². The summed E-state index contributed by atoms with van der Waals surface area (Å²) in [6.07, 6.45) is 6.58. The fourth-order valence-corrected chi connectivity index (χ4v) is 1.83. The molecule has 0 aromatic carbocycles. The van der Waals surface area contributed by atoms with Crippen LogP contribution < -0.4 is 5.46 Å². The predicted molar refractivity (Wildman–Crippen MR) is 72.8 cm³/mol. The normalized spacial score (nSPS) is 21.2. The number of aryl methyl sites for hydroxylation is 1. The SMILES string of the molecule is C=CCCn1cc(B2OC(C)(C)C(C)(C)O2)cn1. The zero-order valence-electron chi connectivity index (χ0n) is 11.6. The lowest BCUT2D eigenvalue weighted by atomic mass is 9.82. The van der Waals surface area contributed by atoms with Gasteiger partial charge in [-0.15, -0.1) is 6.58 Å². The third kappa shape index (κ3) is 2.38. The topological polar surface area (TPSA) is 36.3 Å². The summed E-state index contributed by atoms with van der Waals surface area (Å²) in [5.41, 5.74) is 0.361. The Kier molecular flexibility index (Phi) is 3.38. The molecule has 0 atom stereocenters.